The van der Waals surface area contributed by atoms with Crippen LogP contribution in [0.2, 0.25) is 30.1 Å². The summed E-state index contributed by atoms with van der Waals surface area (Å²) in [7, 11) is 0. The number of hydrogen-bond acceptors (Lipinski definition) is 1. The first-order valence-electron chi connectivity index (χ1n) is 11.8. The Balaban J connectivity index is 2.07. The van der Waals surface area contributed by atoms with Crippen molar-refractivity contribution in [3.05, 3.63) is 137 Å². The van der Waals surface area contributed by atoms with Crippen LogP contribution in [-0.4, -0.2) is 0 Å². The Labute approximate surface area is 248 Å². The molecule has 0 bridgehead atoms. The van der Waals surface area contributed by atoms with Gasteiger partial charge in [0.25, 0.3) is 0 Å². The number of hydrogen-bond donors (Lipinski definition) is 0. The van der Waals surface area contributed by atoms with Gasteiger partial charge >= 0.3 is 0 Å². The van der Waals surface area contributed by atoms with Crippen LogP contribution < -0.4 is 0 Å². The van der Waals surface area contributed by atoms with Crippen molar-refractivity contribution < 1.29 is 4.74 Å². The Hall–Kier alpha value is -1.42. The van der Waals surface area contributed by atoms with E-state index in [1.54, 1.807) is 12.1 Å². The molecule has 192 valence electrons. The predicted octanol–water partition coefficient (Wildman–Crippen LogP) is 11.6. The minimum Gasteiger partial charge on any atom is -0.350 e. The number of benzene rings is 4. The Morgan fingerprint density at radius 1 is 0.486 bits per heavy atom. The Bertz CT molecular complexity index is 1280. The molecule has 2 atom stereocenters. The molecule has 37 heavy (non-hydrogen) atoms. The van der Waals surface area contributed by atoms with Crippen LogP contribution in [0.15, 0.2) is 84.9 Å². The average Bonchev–Trinajstić information content (AvgIpc) is 2.87. The van der Waals surface area contributed by atoms with Gasteiger partial charge in [0.05, 0.1) is 0 Å². The molecule has 0 amide bonds. The topological polar surface area (TPSA) is 9.23 Å². The standard InChI is InChI=1S/C30H24Cl6O/c1-3-29(19-5-9-21(31)10-6-19,25-15-13-23(33)17-27(25)35)37-30(4-2,20-7-11-22(32)12-8-20)26-16-14-24(34)18-28(26)36/h5-18H,3-4H2,1-2H3. The molecule has 0 saturated heterocycles. The van der Waals surface area contributed by atoms with Crippen LogP contribution in [0.1, 0.15) is 48.9 Å². The predicted molar refractivity (Wildman–Crippen MR) is 159 cm³/mol. The van der Waals surface area contributed by atoms with Crippen LogP contribution in [0.25, 0.3) is 0 Å². The molecule has 2 unspecified atom stereocenters. The molecule has 0 aliphatic rings. The molecular formula is C30H24Cl6O. The van der Waals surface area contributed by atoms with Crippen LogP contribution in [0, 0.1) is 0 Å². The molecule has 0 fully saturated rings. The largest absolute Gasteiger partial charge is 0.350 e. The third kappa shape index (κ3) is 5.65. The number of rotatable bonds is 8. The summed E-state index contributed by atoms with van der Waals surface area (Å²) in [6.07, 6.45) is 1.10. The summed E-state index contributed by atoms with van der Waals surface area (Å²) in [5.41, 5.74) is 1.34. The van der Waals surface area contributed by atoms with Gasteiger partial charge in [0.2, 0.25) is 0 Å². The van der Waals surface area contributed by atoms with Crippen molar-refractivity contribution in [2.45, 2.75) is 37.9 Å². The van der Waals surface area contributed by atoms with Gasteiger partial charge in [-0.1, -0.05) is 120 Å². The summed E-state index contributed by atoms with van der Waals surface area (Å²) >= 11 is 38.9. The van der Waals surface area contributed by atoms with Crippen LogP contribution in [-0.2, 0) is 15.9 Å². The first kappa shape index (κ1) is 28.6. The van der Waals surface area contributed by atoms with Gasteiger partial charge in [0.1, 0.15) is 11.2 Å². The van der Waals surface area contributed by atoms with Gasteiger partial charge in [-0.2, -0.15) is 0 Å². The Morgan fingerprint density at radius 2 is 0.811 bits per heavy atom. The van der Waals surface area contributed by atoms with Crippen molar-refractivity contribution >= 4 is 69.6 Å². The molecule has 4 aromatic rings. The molecule has 0 spiro atoms. The second-order valence-corrected chi connectivity index (χ2v) is 11.3. The van der Waals surface area contributed by atoms with Crippen LogP contribution >= 0.6 is 69.6 Å². The van der Waals surface area contributed by atoms with Crippen LogP contribution in [0.5, 0.6) is 0 Å². The Morgan fingerprint density at radius 3 is 1.11 bits per heavy atom. The average molecular weight is 613 g/mol. The van der Waals surface area contributed by atoms with E-state index in [1.807, 2.05) is 72.8 Å². The first-order valence-corrected chi connectivity index (χ1v) is 14.1. The van der Waals surface area contributed by atoms with Crippen molar-refractivity contribution in [3.63, 3.8) is 0 Å². The van der Waals surface area contributed by atoms with Gasteiger partial charge in [-0.15, -0.1) is 0 Å². The molecule has 0 aliphatic heterocycles. The van der Waals surface area contributed by atoms with Gasteiger partial charge in [0, 0.05) is 41.3 Å². The first-order chi connectivity index (χ1) is 17.6. The smallest absolute Gasteiger partial charge is 0.121 e. The van der Waals surface area contributed by atoms with Crippen molar-refractivity contribution in [2.75, 3.05) is 0 Å². The van der Waals surface area contributed by atoms with E-state index in [1.165, 1.54) is 0 Å². The normalized spacial score (nSPS) is 14.7. The van der Waals surface area contributed by atoms with E-state index in [2.05, 4.69) is 13.8 Å². The summed E-state index contributed by atoms with van der Waals surface area (Å²) < 4.78 is 7.45. The molecule has 0 aromatic heterocycles. The Kier molecular flexibility index (Phi) is 9.09. The van der Waals surface area contributed by atoms with Gasteiger partial charge < -0.3 is 4.74 Å². The van der Waals surface area contributed by atoms with Gasteiger partial charge in [0.15, 0.2) is 0 Å². The molecule has 0 radical (unpaired) electrons. The molecule has 1 nitrogen and oxygen atoms in total. The zero-order valence-corrected chi connectivity index (χ0v) is 24.7. The number of ether oxygens (including phenoxy) is 1. The molecular weight excluding hydrogens is 589 g/mol. The molecule has 7 heteroatoms. The minimum absolute atomic E-state index is 0.493. The lowest BCUT2D eigenvalue weighted by Gasteiger charge is -2.45. The fraction of sp³-hybridized carbons (Fsp3) is 0.200. The molecule has 0 aliphatic carbocycles. The zero-order valence-electron chi connectivity index (χ0n) is 20.2. The van der Waals surface area contributed by atoms with E-state index in [4.69, 9.17) is 74.3 Å². The van der Waals surface area contributed by atoms with E-state index >= 15 is 0 Å². The third-order valence-electron chi connectivity index (χ3n) is 6.70. The SMILES string of the molecule is CCC(OC(CC)(c1ccc(Cl)cc1)c1ccc(Cl)cc1Cl)(c1ccc(Cl)cc1)c1ccc(Cl)cc1Cl. The van der Waals surface area contributed by atoms with Crippen molar-refractivity contribution in [1.82, 2.24) is 0 Å². The van der Waals surface area contributed by atoms with Crippen molar-refractivity contribution in [3.8, 4) is 0 Å². The van der Waals surface area contributed by atoms with E-state index in [9.17, 15) is 0 Å². The fourth-order valence-corrected chi connectivity index (χ4v) is 6.22. The third-order valence-corrected chi connectivity index (χ3v) is 8.30. The molecule has 0 saturated carbocycles. The highest BCUT2D eigenvalue weighted by Crippen LogP contribution is 2.51. The fourth-order valence-electron chi connectivity index (χ4n) is 4.84. The van der Waals surface area contributed by atoms with Crippen molar-refractivity contribution in [2.24, 2.45) is 0 Å². The molecule has 0 N–H and O–H groups in total. The lowest BCUT2D eigenvalue weighted by molar-refractivity contribution is -0.130. The van der Waals surface area contributed by atoms with Crippen LogP contribution in [0.3, 0.4) is 0 Å². The molecule has 4 rings (SSSR count). The maximum Gasteiger partial charge on any atom is 0.121 e. The van der Waals surface area contributed by atoms with Gasteiger partial charge in [-0.3, -0.25) is 0 Å². The van der Waals surface area contributed by atoms with Crippen LogP contribution in [0.4, 0.5) is 0 Å². The highest BCUT2D eigenvalue weighted by Gasteiger charge is 2.46. The lowest BCUT2D eigenvalue weighted by Crippen LogP contribution is -2.43. The summed E-state index contributed by atoms with van der Waals surface area (Å²) in [6.45, 7) is 4.12. The summed E-state index contributed by atoms with van der Waals surface area (Å²) in [4.78, 5) is 0. The van der Waals surface area contributed by atoms with Crippen molar-refractivity contribution in [1.29, 1.82) is 0 Å². The maximum absolute atomic E-state index is 7.45. The highest BCUT2D eigenvalue weighted by atomic mass is 35.5. The monoisotopic (exact) mass is 610 g/mol. The minimum atomic E-state index is -0.995. The highest BCUT2D eigenvalue weighted by molar-refractivity contribution is 6.35. The quantitative estimate of drug-likeness (QED) is 0.192. The van der Waals surface area contributed by atoms with Gasteiger partial charge in [-0.25, -0.2) is 0 Å². The second-order valence-electron chi connectivity index (χ2n) is 8.73. The maximum atomic E-state index is 7.45. The zero-order chi connectivity index (χ0) is 26.8. The number of halogens is 6. The lowest BCUT2D eigenvalue weighted by atomic mass is 9.79. The van der Waals surface area contributed by atoms with E-state index in [0.717, 1.165) is 22.3 Å². The summed E-state index contributed by atoms with van der Waals surface area (Å²) in [6, 6.07) is 26.1. The van der Waals surface area contributed by atoms with E-state index in [-0.39, 0.29) is 0 Å². The van der Waals surface area contributed by atoms with E-state index < -0.39 is 11.2 Å². The summed E-state index contributed by atoms with van der Waals surface area (Å²) in [5.74, 6) is 0. The second kappa shape index (κ2) is 11.8. The molecule has 0 heterocycles. The summed E-state index contributed by atoms with van der Waals surface area (Å²) in [5, 5.41) is 3.30. The van der Waals surface area contributed by atoms with E-state index in [0.29, 0.717) is 43.0 Å². The molecule has 4 aromatic carbocycles. The van der Waals surface area contributed by atoms with Gasteiger partial charge in [-0.05, 0) is 72.5 Å².